The van der Waals surface area contributed by atoms with Crippen LogP contribution in [0.25, 0.3) is 0 Å². The van der Waals surface area contributed by atoms with Crippen LogP contribution in [0.2, 0.25) is 0 Å². The van der Waals surface area contributed by atoms with Gasteiger partial charge in [-0.2, -0.15) is 13.2 Å². The van der Waals surface area contributed by atoms with Crippen molar-refractivity contribution in [2.24, 2.45) is 0 Å². The number of ether oxygens (including phenoxy) is 2. The number of esters is 1. The van der Waals surface area contributed by atoms with E-state index in [9.17, 15) is 27.2 Å². The molecule has 1 saturated carbocycles. The van der Waals surface area contributed by atoms with Crippen molar-refractivity contribution in [3.8, 4) is 17.2 Å². The lowest BCUT2D eigenvalue weighted by Gasteiger charge is -2.36. The predicted molar refractivity (Wildman–Crippen MR) is 112 cm³/mol. The summed E-state index contributed by atoms with van der Waals surface area (Å²) in [5, 5.41) is 0. The van der Waals surface area contributed by atoms with Crippen molar-refractivity contribution >= 4 is 11.9 Å². The normalized spacial score (nSPS) is 17.6. The Labute approximate surface area is 193 Å². The summed E-state index contributed by atoms with van der Waals surface area (Å²) in [5.41, 5.74) is -0.416. The number of nitrogens with zero attached hydrogens (tertiary/aromatic N) is 3. The summed E-state index contributed by atoms with van der Waals surface area (Å²) < 4.78 is 61.7. The van der Waals surface area contributed by atoms with Crippen LogP contribution in [0.15, 0.2) is 36.5 Å². The molecule has 1 aliphatic carbocycles. The van der Waals surface area contributed by atoms with Crippen molar-refractivity contribution in [2.45, 2.75) is 37.9 Å². The number of amides is 1. The number of alkyl halides is 3. The van der Waals surface area contributed by atoms with Gasteiger partial charge in [0.25, 0.3) is 5.91 Å². The SMILES string of the molecule is O=C(c1ncc(Oc2ccc(F)cc2)cc1OC(=O)C(F)(F)F)N1CCCN(C2CCC2)CC1. The fourth-order valence-corrected chi connectivity index (χ4v) is 3.92. The molecule has 7 nitrogen and oxygen atoms in total. The van der Waals surface area contributed by atoms with Gasteiger partial charge in [0, 0.05) is 38.3 Å². The molecule has 0 N–H and O–H groups in total. The van der Waals surface area contributed by atoms with E-state index in [-0.39, 0.29) is 11.5 Å². The van der Waals surface area contributed by atoms with Crippen molar-refractivity contribution in [3.63, 3.8) is 0 Å². The lowest BCUT2D eigenvalue weighted by molar-refractivity contribution is -0.189. The minimum atomic E-state index is -5.26. The molecule has 11 heteroatoms. The Morgan fingerprint density at radius 2 is 1.71 bits per heavy atom. The molecule has 1 saturated heterocycles. The molecule has 0 unspecified atom stereocenters. The number of carbonyl (C=O) groups excluding carboxylic acids is 2. The molecule has 2 heterocycles. The van der Waals surface area contributed by atoms with Crippen molar-refractivity contribution < 1.29 is 36.6 Å². The summed E-state index contributed by atoms with van der Waals surface area (Å²) in [6.07, 6.45) is 0.0326. The Bertz CT molecular complexity index is 1040. The van der Waals surface area contributed by atoms with E-state index in [0.717, 1.165) is 43.8 Å². The zero-order valence-electron chi connectivity index (χ0n) is 18.2. The first-order chi connectivity index (χ1) is 16.2. The maximum Gasteiger partial charge on any atom is 0.491 e. The van der Waals surface area contributed by atoms with Crippen molar-refractivity contribution in [3.05, 3.63) is 48.0 Å². The number of hydrogen-bond acceptors (Lipinski definition) is 6. The molecule has 1 aliphatic heterocycles. The molecule has 2 fully saturated rings. The van der Waals surface area contributed by atoms with Gasteiger partial charge in [0.05, 0.1) is 6.20 Å². The van der Waals surface area contributed by atoms with Gasteiger partial charge in [-0.05, 0) is 43.5 Å². The number of carbonyl (C=O) groups is 2. The molecule has 182 valence electrons. The van der Waals surface area contributed by atoms with Crippen LogP contribution in [0.3, 0.4) is 0 Å². The average molecular weight is 481 g/mol. The summed E-state index contributed by atoms with van der Waals surface area (Å²) in [6.45, 7) is 2.28. The van der Waals surface area contributed by atoms with Crippen LogP contribution in [0.1, 0.15) is 36.2 Å². The molecule has 1 aromatic heterocycles. The van der Waals surface area contributed by atoms with Gasteiger partial charge in [0.2, 0.25) is 0 Å². The second kappa shape index (κ2) is 9.96. The first-order valence-corrected chi connectivity index (χ1v) is 11.0. The van der Waals surface area contributed by atoms with E-state index in [1.54, 1.807) is 0 Å². The van der Waals surface area contributed by atoms with Gasteiger partial charge >= 0.3 is 12.1 Å². The number of halogens is 4. The fraction of sp³-hybridized carbons (Fsp3) is 0.435. The smallest absolute Gasteiger partial charge is 0.456 e. The molecule has 4 rings (SSSR count). The van der Waals surface area contributed by atoms with Gasteiger partial charge in [-0.3, -0.25) is 9.69 Å². The highest BCUT2D eigenvalue weighted by molar-refractivity contribution is 5.96. The Balaban J connectivity index is 1.55. The van der Waals surface area contributed by atoms with Crippen LogP contribution in [-0.4, -0.2) is 65.1 Å². The summed E-state index contributed by atoms with van der Waals surface area (Å²) in [6, 6.07) is 6.39. The first kappa shape index (κ1) is 23.9. The van der Waals surface area contributed by atoms with Crippen LogP contribution >= 0.6 is 0 Å². The lowest BCUT2D eigenvalue weighted by Crippen LogP contribution is -2.43. The minimum absolute atomic E-state index is 0.0832. The largest absolute Gasteiger partial charge is 0.491 e. The molecular formula is C23H23F4N3O4. The Morgan fingerprint density at radius 3 is 2.35 bits per heavy atom. The first-order valence-electron chi connectivity index (χ1n) is 11.0. The second-order valence-corrected chi connectivity index (χ2v) is 8.23. The molecule has 0 radical (unpaired) electrons. The third kappa shape index (κ3) is 5.64. The predicted octanol–water partition coefficient (Wildman–Crippen LogP) is 4.18. The molecule has 0 spiro atoms. The zero-order valence-corrected chi connectivity index (χ0v) is 18.2. The number of hydrogen-bond donors (Lipinski definition) is 0. The maximum absolute atomic E-state index is 13.2. The molecule has 0 atom stereocenters. The average Bonchev–Trinajstić information content (AvgIpc) is 2.99. The van der Waals surface area contributed by atoms with E-state index in [1.807, 2.05) is 0 Å². The quantitative estimate of drug-likeness (QED) is 0.471. The van der Waals surface area contributed by atoms with Crippen molar-refractivity contribution in [2.75, 3.05) is 26.2 Å². The number of rotatable bonds is 5. The Morgan fingerprint density at radius 1 is 0.971 bits per heavy atom. The summed E-state index contributed by atoms with van der Waals surface area (Å²) in [7, 11) is 0. The van der Waals surface area contributed by atoms with Crippen LogP contribution in [-0.2, 0) is 4.79 Å². The lowest BCUT2D eigenvalue weighted by atomic mass is 9.91. The van der Waals surface area contributed by atoms with E-state index in [0.29, 0.717) is 32.1 Å². The molecule has 2 aromatic rings. The van der Waals surface area contributed by atoms with Crippen LogP contribution in [0.4, 0.5) is 17.6 Å². The fourth-order valence-electron chi connectivity index (χ4n) is 3.92. The van der Waals surface area contributed by atoms with E-state index in [1.165, 1.54) is 23.5 Å². The third-order valence-electron chi connectivity index (χ3n) is 5.92. The van der Waals surface area contributed by atoms with Crippen LogP contribution < -0.4 is 9.47 Å². The Hall–Kier alpha value is -3.21. The van der Waals surface area contributed by atoms with Gasteiger partial charge in [-0.15, -0.1) is 0 Å². The highest BCUT2D eigenvalue weighted by atomic mass is 19.4. The molecule has 2 aliphatic rings. The molecule has 1 amide bonds. The topological polar surface area (TPSA) is 72.0 Å². The van der Waals surface area contributed by atoms with E-state index in [2.05, 4.69) is 14.6 Å². The number of aromatic nitrogens is 1. The van der Waals surface area contributed by atoms with Gasteiger partial charge in [0.1, 0.15) is 17.3 Å². The molecule has 34 heavy (non-hydrogen) atoms. The maximum atomic E-state index is 13.2. The molecule has 0 bridgehead atoms. The van der Waals surface area contributed by atoms with Crippen LogP contribution in [0.5, 0.6) is 17.2 Å². The highest BCUT2D eigenvalue weighted by Gasteiger charge is 2.42. The van der Waals surface area contributed by atoms with E-state index >= 15 is 0 Å². The standard InChI is InChI=1S/C23H23F4N3O4/c24-15-5-7-17(8-6-15)33-18-13-19(34-22(32)23(25,26)27)20(28-14-18)21(31)30-10-2-9-29(11-12-30)16-3-1-4-16/h5-8,13-14,16H,1-4,9-12H2. The number of pyridine rings is 1. The van der Waals surface area contributed by atoms with Crippen molar-refractivity contribution in [1.82, 2.24) is 14.8 Å². The van der Waals surface area contributed by atoms with E-state index < -0.39 is 35.3 Å². The van der Waals surface area contributed by atoms with E-state index in [4.69, 9.17) is 4.74 Å². The monoisotopic (exact) mass is 481 g/mol. The van der Waals surface area contributed by atoms with Crippen molar-refractivity contribution in [1.29, 1.82) is 0 Å². The number of benzene rings is 1. The highest BCUT2D eigenvalue weighted by Crippen LogP contribution is 2.30. The van der Waals surface area contributed by atoms with Gasteiger partial charge in [-0.25, -0.2) is 14.2 Å². The third-order valence-corrected chi connectivity index (χ3v) is 5.92. The molecular weight excluding hydrogens is 458 g/mol. The van der Waals surface area contributed by atoms with Crippen LogP contribution in [0, 0.1) is 5.82 Å². The molecule has 1 aromatic carbocycles. The van der Waals surface area contributed by atoms with Gasteiger partial charge < -0.3 is 14.4 Å². The van der Waals surface area contributed by atoms with Gasteiger partial charge in [-0.1, -0.05) is 6.42 Å². The summed E-state index contributed by atoms with van der Waals surface area (Å²) >= 11 is 0. The minimum Gasteiger partial charge on any atom is -0.456 e. The Kier molecular flexibility index (Phi) is 7.01. The summed E-state index contributed by atoms with van der Waals surface area (Å²) in [4.78, 5) is 32.5. The second-order valence-electron chi connectivity index (χ2n) is 8.23. The zero-order chi connectivity index (χ0) is 24.3. The summed E-state index contributed by atoms with van der Waals surface area (Å²) in [5.74, 6) is -4.17. The van der Waals surface area contributed by atoms with Gasteiger partial charge in [0.15, 0.2) is 11.4 Å².